The van der Waals surface area contributed by atoms with Gasteiger partial charge in [-0.15, -0.1) is 0 Å². The quantitative estimate of drug-likeness (QED) is 0.817. The molecule has 0 radical (unpaired) electrons. The molecule has 0 aliphatic heterocycles. The molecule has 0 amide bonds. The molecule has 0 aliphatic rings. The lowest BCUT2D eigenvalue weighted by molar-refractivity contribution is 0.415. The van der Waals surface area contributed by atoms with Crippen LogP contribution in [0.15, 0.2) is 36.7 Å². The minimum atomic E-state index is 0.208. The summed E-state index contributed by atoms with van der Waals surface area (Å²) in [5, 5.41) is 3.11. The van der Waals surface area contributed by atoms with E-state index >= 15 is 0 Å². The Kier molecular flexibility index (Phi) is 3.69. The number of thiocarbonyl (C=S) groups is 1. The number of nitrogens with two attached hydrogens (primary N) is 1. The number of hydrogen-bond donors (Lipinski definition) is 2. The monoisotopic (exact) mass is 260 g/mol. The Hall–Kier alpha value is -2.21. The molecule has 0 atom stereocenters. The van der Waals surface area contributed by atoms with Crippen molar-refractivity contribution in [2.45, 2.75) is 0 Å². The van der Waals surface area contributed by atoms with E-state index in [0.717, 1.165) is 11.4 Å². The van der Waals surface area contributed by atoms with Crippen LogP contribution in [0.1, 0.15) is 5.69 Å². The Bertz CT molecular complexity index is 556. The van der Waals surface area contributed by atoms with Gasteiger partial charge in [0.25, 0.3) is 0 Å². The van der Waals surface area contributed by atoms with E-state index in [1.54, 1.807) is 19.5 Å². The third-order valence-corrected chi connectivity index (χ3v) is 2.48. The first-order valence-electron chi connectivity index (χ1n) is 5.22. The van der Waals surface area contributed by atoms with Crippen molar-refractivity contribution in [2.24, 2.45) is 5.73 Å². The molecule has 2 aromatic rings. The first-order chi connectivity index (χ1) is 8.70. The minimum Gasteiger partial charge on any atom is -0.497 e. The van der Waals surface area contributed by atoms with E-state index in [0.29, 0.717) is 11.5 Å². The van der Waals surface area contributed by atoms with Gasteiger partial charge in [0.2, 0.25) is 0 Å². The molecule has 5 nitrogen and oxygen atoms in total. The van der Waals surface area contributed by atoms with E-state index in [4.69, 9.17) is 22.7 Å². The number of benzene rings is 1. The fraction of sp³-hybridized carbons (Fsp3) is 0.0833. The summed E-state index contributed by atoms with van der Waals surface area (Å²) in [7, 11) is 1.62. The van der Waals surface area contributed by atoms with E-state index in [1.807, 2.05) is 24.3 Å². The van der Waals surface area contributed by atoms with Crippen molar-refractivity contribution in [3.8, 4) is 5.75 Å². The fourth-order valence-electron chi connectivity index (χ4n) is 1.42. The normalized spacial score (nSPS) is 9.83. The molecule has 0 saturated heterocycles. The Balaban J connectivity index is 2.25. The van der Waals surface area contributed by atoms with Crippen LogP contribution in [0.2, 0.25) is 0 Å². The van der Waals surface area contributed by atoms with Crippen LogP contribution >= 0.6 is 12.2 Å². The lowest BCUT2D eigenvalue weighted by atomic mass is 10.3. The highest BCUT2D eigenvalue weighted by Crippen LogP contribution is 2.19. The summed E-state index contributed by atoms with van der Waals surface area (Å²) in [5.41, 5.74) is 6.91. The van der Waals surface area contributed by atoms with Crippen molar-refractivity contribution in [1.29, 1.82) is 0 Å². The molecule has 1 heterocycles. The molecule has 2 rings (SSSR count). The molecule has 0 fully saturated rings. The van der Waals surface area contributed by atoms with Crippen molar-refractivity contribution < 1.29 is 4.74 Å². The van der Waals surface area contributed by atoms with Gasteiger partial charge in [0, 0.05) is 18.1 Å². The van der Waals surface area contributed by atoms with Gasteiger partial charge in [0.05, 0.1) is 7.11 Å². The van der Waals surface area contributed by atoms with Crippen LogP contribution in [-0.2, 0) is 0 Å². The van der Waals surface area contributed by atoms with Crippen molar-refractivity contribution in [2.75, 3.05) is 12.4 Å². The molecule has 3 N–H and O–H groups in total. The van der Waals surface area contributed by atoms with Crippen LogP contribution in [-0.4, -0.2) is 22.1 Å². The molecule has 1 aromatic heterocycles. The summed E-state index contributed by atoms with van der Waals surface area (Å²) < 4.78 is 5.08. The SMILES string of the molecule is COc1ccc(Nc2nccnc2C(N)=S)cc1. The second kappa shape index (κ2) is 5.42. The van der Waals surface area contributed by atoms with E-state index in [-0.39, 0.29) is 4.99 Å². The van der Waals surface area contributed by atoms with Crippen molar-refractivity contribution in [3.63, 3.8) is 0 Å². The number of ether oxygens (including phenoxy) is 1. The summed E-state index contributed by atoms with van der Waals surface area (Å²) in [4.78, 5) is 8.47. The van der Waals surface area contributed by atoms with Gasteiger partial charge in [-0.2, -0.15) is 0 Å². The predicted molar refractivity (Wildman–Crippen MR) is 74.2 cm³/mol. The Morgan fingerprint density at radius 2 is 1.89 bits per heavy atom. The van der Waals surface area contributed by atoms with Gasteiger partial charge in [-0.3, -0.25) is 0 Å². The van der Waals surface area contributed by atoms with Gasteiger partial charge in [-0.05, 0) is 24.3 Å². The summed E-state index contributed by atoms with van der Waals surface area (Å²) in [6.45, 7) is 0. The molecule has 6 heteroatoms. The maximum atomic E-state index is 5.58. The van der Waals surface area contributed by atoms with Crippen molar-refractivity contribution in [1.82, 2.24) is 9.97 Å². The molecule has 1 aromatic carbocycles. The van der Waals surface area contributed by atoms with Crippen LogP contribution in [0.25, 0.3) is 0 Å². The number of methoxy groups -OCH3 is 1. The van der Waals surface area contributed by atoms with Crippen LogP contribution < -0.4 is 15.8 Å². The number of anilines is 2. The first kappa shape index (κ1) is 12.3. The Morgan fingerprint density at radius 1 is 1.22 bits per heavy atom. The number of nitrogens with zero attached hydrogens (tertiary/aromatic N) is 2. The Labute approximate surface area is 110 Å². The van der Waals surface area contributed by atoms with E-state index in [1.165, 1.54) is 0 Å². The standard InChI is InChI=1S/C12H12N4OS/c1-17-9-4-2-8(3-5-9)16-12-10(11(13)18)14-6-7-15-12/h2-7H,1H3,(H2,13,18)(H,15,16). The van der Waals surface area contributed by atoms with Gasteiger partial charge in [-0.1, -0.05) is 12.2 Å². The number of hydrogen-bond acceptors (Lipinski definition) is 5. The van der Waals surface area contributed by atoms with Gasteiger partial charge in [0.15, 0.2) is 5.82 Å². The molecule has 0 bridgehead atoms. The highest BCUT2D eigenvalue weighted by Gasteiger charge is 2.07. The molecule has 0 unspecified atom stereocenters. The van der Waals surface area contributed by atoms with Crippen LogP contribution in [0, 0.1) is 0 Å². The summed E-state index contributed by atoms with van der Waals surface area (Å²) in [6, 6.07) is 7.44. The molecular formula is C12H12N4OS. The zero-order chi connectivity index (χ0) is 13.0. The predicted octanol–water partition coefficient (Wildman–Crippen LogP) is 1.86. The lowest BCUT2D eigenvalue weighted by Crippen LogP contribution is -2.14. The average molecular weight is 260 g/mol. The molecule has 0 aliphatic carbocycles. The second-order valence-electron chi connectivity index (χ2n) is 3.47. The summed E-state index contributed by atoms with van der Waals surface area (Å²) in [5.74, 6) is 1.32. The smallest absolute Gasteiger partial charge is 0.159 e. The van der Waals surface area contributed by atoms with Gasteiger partial charge in [0.1, 0.15) is 16.4 Å². The molecular weight excluding hydrogens is 248 g/mol. The zero-order valence-corrected chi connectivity index (χ0v) is 10.6. The number of rotatable bonds is 4. The maximum absolute atomic E-state index is 5.58. The topological polar surface area (TPSA) is 73.1 Å². The first-order valence-corrected chi connectivity index (χ1v) is 5.63. The molecule has 92 valence electrons. The fourth-order valence-corrected chi connectivity index (χ4v) is 1.57. The summed E-state index contributed by atoms with van der Waals surface area (Å²) >= 11 is 4.92. The Morgan fingerprint density at radius 3 is 2.50 bits per heavy atom. The third-order valence-electron chi connectivity index (χ3n) is 2.28. The van der Waals surface area contributed by atoms with Gasteiger partial charge < -0.3 is 15.8 Å². The average Bonchev–Trinajstić information content (AvgIpc) is 2.40. The van der Waals surface area contributed by atoms with Crippen LogP contribution in [0.4, 0.5) is 11.5 Å². The van der Waals surface area contributed by atoms with Gasteiger partial charge >= 0.3 is 0 Å². The van der Waals surface area contributed by atoms with Gasteiger partial charge in [-0.25, -0.2) is 9.97 Å². The molecule has 0 spiro atoms. The van der Waals surface area contributed by atoms with E-state index in [2.05, 4.69) is 15.3 Å². The lowest BCUT2D eigenvalue weighted by Gasteiger charge is -2.09. The molecule has 0 saturated carbocycles. The van der Waals surface area contributed by atoms with E-state index < -0.39 is 0 Å². The summed E-state index contributed by atoms with van der Waals surface area (Å²) in [6.07, 6.45) is 3.13. The second-order valence-corrected chi connectivity index (χ2v) is 3.91. The zero-order valence-electron chi connectivity index (χ0n) is 9.75. The number of nitrogens with one attached hydrogen (secondary N) is 1. The third kappa shape index (κ3) is 2.72. The minimum absolute atomic E-state index is 0.208. The highest BCUT2D eigenvalue weighted by atomic mass is 32.1. The maximum Gasteiger partial charge on any atom is 0.159 e. The number of aromatic nitrogens is 2. The van der Waals surface area contributed by atoms with Crippen LogP contribution in [0.3, 0.4) is 0 Å². The van der Waals surface area contributed by atoms with E-state index in [9.17, 15) is 0 Å². The highest BCUT2D eigenvalue weighted by molar-refractivity contribution is 7.80. The van der Waals surface area contributed by atoms with Crippen molar-refractivity contribution >= 4 is 28.7 Å². The largest absolute Gasteiger partial charge is 0.497 e. The van der Waals surface area contributed by atoms with Crippen LogP contribution in [0.5, 0.6) is 5.75 Å². The molecule has 18 heavy (non-hydrogen) atoms. The van der Waals surface area contributed by atoms with Crippen molar-refractivity contribution in [3.05, 3.63) is 42.4 Å².